The van der Waals surface area contributed by atoms with Crippen molar-refractivity contribution in [3.63, 3.8) is 0 Å². The first-order valence-electron chi connectivity index (χ1n) is 5.19. The molecular formula is C12H21NO3. The molecule has 0 aliphatic carbocycles. The van der Waals surface area contributed by atoms with Crippen LogP contribution in [0.5, 0.6) is 0 Å². The SMILES string of the molecule is C#C[C@H]1COC(C)(C)N1.CC(C)(C)OC=O. The molecule has 4 heteroatoms. The van der Waals surface area contributed by atoms with Crippen molar-refractivity contribution >= 4 is 6.47 Å². The average molecular weight is 227 g/mol. The van der Waals surface area contributed by atoms with Gasteiger partial charge in [0.25, 0.3) is 6.47 Å². The third-order valence-electron chi connectivity index (χ3n) is 1.74. The highest BCUT2D eigenvalue weighted by Gasteiger charge is 2.29. The number of carbonyl (C=O) groups is 1. The van der Waals surface area contributed by atoms with Crippen molar-refractivity contribution in [2.45, 2.75) is 52.0 Å². The highest BCUT2D eigenvalue weighted by molar-refractivity contribution is 5.37. The van der Waals surface area contributed by atoms with Gasteiger partial charge in [0.15, 0.2) is 0 Å². The topological polar surface area (TPSA) is 47.6 Å². The summed E-state index contributed by atoms with van der Waals surface area (Å²) in [6, 6.07) is 0.0972. The summed E-state index contributed by atoms with van der Waals surface area (Å²) >= 11 is 0. The zero-order valence-electron chi connectivity index (χ0n) is 10.7. The number of hydrogen-bond donors (Lipinski definition) is 1. The van der Waals surface area contributed by atoms with E-state index in [9.17, 15) is 4.79 Å². The van der Waals surface area contributed by atoms with Gasteiger partial charge >= 0.3 is 0 Å². The smallest absolute Gasteiger partial charge is 0.293 e. The van der Waals surface area contributed by atoms with E-state index in [4.69, 9.17) is 11.2 Å². The third-order valence-corrected chi connectivity index (χ3v) is 1.74. The van der Waals surface area contributed by atoms with Gasteiger partial charge in [0, 0.05) is 0 Å². The molecule has 0 aromatic carbocycles. The van der Waals surface area contributed by atoms with Gasteiger partial charge < -0.3 is 9.47 Å². The Morgan fingerprint density at radius 2 is 2.12 bits per heavy atom. The van der Waals surface area contributed by atoms with Gasteiger partial charge in [0.05, 0.1) is 12.6 Å². The molecule has 1 N–H and O–H groups in total. The second-order valence-corrected chi connectivity index (χ2v) is 5.01. The number of terminal acetylenes is 1. The van der Waals surface area contributed by atoms with E-state index >= 15 is 0 Å². The van der Waals surface area contributed by atoms with Gasteiger partial charge in [-0.2, -0.15) is 0 Å². The van der Waals surface area contributed by atoms with Crippen LogP contribution in [0.3, 0.4) is 0 Å². The van der Waals surface area contributed by atoms with Gasteiger partial charge in [-0.25, -0.2) is 0 Å². The van der Waals surface area contributed by atoms with Gasteiger partial charge in [-0.1, -0.05) is 5.92 Å². The predicted octanol–water partition coefficient (Wildman–Crippen LogP) is 1.30. The first kappa shape index (κ1) is 14.9. The van der Waals surface area contributed by atoms with Crippen molar-refractivity contribution in [1.82, 2.24) is 5.32 Å². The van der Waals surface area contributed by atoms with Crippen LogP contribution in [0, 0.1) is 12.3 Å². The lowest BCUT2D eigenvalue weighted by molar-refractivity contribution is -0.138. The van der Waals surface area contributed by atoms with E-state index < -0.39 is 0 Å². The van der Waals surface area contributed by atoms with Gasteiger partial charge in [-0.05, 0) is 34.6 Å². The molecule has 1 heterocycles. The minimum Gasteiger partial charge on any atom is -0.462 e. The lowest BCUT2D eigenvalue weighted by atomic mass is 10.2. The molecule has 0 bridgehead atoms. The summed E-state index contributed by atoms with van der Waals surface area (Å²) in [5, 5.41) is 3.12. The van der Waals surface area contributed by atoms with Crippen molar-refractivity contribution < 1.29 is 14.3 Å². The highest BCUT2D eigenvalue weighted by atomic mass is 16.5. The highest BCUT2D eigenvalue weighted by Crippen LogP contribution is 2.12. The van der Waals surface area contributed by atoms with Crippen LogP contribution < -0.4 is 5.32 Å². The lowest BCUT2D eigenvalue weighted by Gasteiger charge is -2.16. The summed E-state index contributed by atoms with van der Waals surface area (Å²) in [5.41, 5.74) is -0.543. The quantitative estimate of drug-likeness (QED) is 0.542. The zero-order chi connectivity index (χ0) is 12.8. The molecule has 1 atom stereocenters. The number of nitrogens with one attached hydrogen (secondary N) is 1. The first-order valence-corrected chi connectivity index (χ1v) is 5.19. The minimum absolute atomic E-state index is 0.0972. The van der Waals surface area contributed by atoms with Crippen molar-refractivity contribution in [3.8, 4) is 12.3 Å². The molecule has 1 saturated heterocycles. The molecule has 0 saturated carbocycles. The zero-order valence-corrected chi connectivity index (χ0v) is 10.7. The van der Waals surface area contributed by atoms with E-state index in [1.165, 1.54) is 0 Å². The Morgan fingerprint density at radius 1 is 1.56 bits per heavy atom. The second-order valence-electron chi connectivity index (χ2n) is 5.01. The minimum atomic E-state index is -0.318. The number of hydrogen-bond acceptors (Lipinski definition) is 4. The first-order chi connectivity index (χ1) is 7.20. The fraction of sp³-hybridized carbons (Fsp3) is 0.750. The summed E-state index contributed by atoms with van der Waals surface area (Å²) in [7, 11) is 0. The predicted molar refractivity (Wildman–Crippen MR) is 62.7 cm³/mol. The number of carbonyl (C=O) groups excluding carboxylic acids is 1. The van der Waals surface area contributed by atoms with E-state index in [2.05, 4.69) is 16.0 Å². The van der Waals surface area contributed by atoms with Gasteiger partial charge in [0.2, 0.25) is 0 Å². The molecule has 0 aromatic rings. The van der Waals surface area contributed by atoms with Crippen LogP contribution >= 0.6 is 0 Å². The molecule has 0 amide bonds. The Balaban J connectivity index is 0.000000293. The second kappa shape index (κ2) is 5.88. The number of ether oxygens (including phenoxy) is 2. The largest absolute Gasteiger partial charge is 0.462 e. The molecule has 1 fully saturated rings. The normalized spacial score (nSPS) is 22.6. The van der Waals surface area contributed by atoms with Gasteiger partial charge in [-0.3, -0.25) is 10.1 Å². The van der Waals surface area contributed by atoms with E-state index in [1.807, 2.05) is 34.6 Å². The van der Waals surface area contributed by atoms with E-state index in [1.54, 1.807) is 0 Å². The Hall–Kier alpha value is -1.05. The maximum atomic E-state index is 9.60. The standard InChI is InChI=1S/C7H11NO.C5H10O2/c1-4-6-5-9-7(2,3)8-6;1-5(2,3)7-4-6/h1,6,8H,5H2,2-3H3;4H,1-3H3/t6-;/m0./s1. The van der Waals surface area contributed by atoms with Gasteiger partial charge in [0.1, 0.15) is 11.3 Å². The maximum Gasteiger partial charge on any atom is 0.293 e. The fourth-order valence-electron chi connectivity index (χ4n) is 1.03. The van der Waals surface area contributed by atoms with Crippen molar-refractivity contribution in [3.05, 3.63) is 0 Å². The average Bonchev–Trinajstić information content (AvgIpc) is 2.44. The summed E-state index contributed by atoms with van der Waals surface area (Å²) in [4.78, 5) is 9.60. The lowest BCUT2D eigenvalue weighted by Crippen LogP contribution is -2.37. The van der Waals surface area contributed by atoms with Crippen LogP contribution in [-0.4, -0.2) is 30.4 Å². The van der Waals surface area contributed by atoms with Gasteiger partial charge in [-0.15, -0.1) is 6.42 Å². The van der Waals surface area contributed by atoms with Crippen molar-refractivity contribution in [2.75, 3.05) is 6.61 Å². The molecule has 92 valence electrons. The molecule has 16 heavy (non-hydrogen) atoms. The monoisotopic (exact) mass is 227 g/mol. The third kappa shape index (κ3) is 7.27. The van der Waals surface area contributed by atoms with Crippen molar-refractivity contribution in [2.24, 2.45) is 0 Å². The summed E-state index contributed by atoms with van der Waals surface area (Å²) in [6.07, 6.45) is 5.16. The van der Waals surface area contributed by atoms with E-state index in [0.29, 0.717) is 13.1 Å². The van der Waals surface area contributed by atoms with Crippen LogP contribution in [0.2, 0.25) is 0 Å². The van der Waals surface area contributed by atoms with Crippen LogP contribution in [0.1, 0.15) is 34.6 Å². The molecule has 1 aliphatic heterocycles. The molecule has 1 rings (SSSR count). The van der Waals surface area contributed by atoms with Crippen LogP contribution in [0.4, 0.5) is 0 Å². The Labute approximate surface area is 97.7 Å². The summed E-state index contributed by atoms with van der Waals surface area (Å²) in [5.74, 6) is 2.58. The Bertz CT molecular complexity index is 260. The fourth-order valence-corrected chi connectivity index (χ4v) is 1.03. The molecule has 1 aliphatic rings. The summed E-state index contributed by atoms with van der Waals surface area (Å²) in [6.45, 7) is 10.5. The maximum absolute atomic E-state index is 9.60. The molecule has 0 unspecified atom stereocenters. The van der Waals surface area contributed by atoms with Crippen molar-refractivity contribution in [1.29, 1.82) is 0 Å². The number of rotatable bonds is 1. The Kier molecular flexibility index (Phi) is 5.49. The van der Waals surface area contributed by atoms with Crippen LogP contribution in [0.25, 0.3) is 0 Å². The molecule has 0 spiro atoms. The van der Waals surface area contributed by atoms with E-state index in [0.717, 1.165) is 0 Å². The molecule has 0 aromatic heterocycles. The van der Waals surface area contributed by atoms with Crippen LogP contribution in [0.15, 0.2) is 0 Å². The van der Waals surface area contributed by atoms with Crippen LogP contribution in [-0.2, 0) is 14.3 Å². The summed E-state index contributed by atoms with van der Waals surface area (Å²) < 4.78 is 9.84. The Morgan fingerprint density at radius 3 is 2.25 bits per heavy atom. The molecular weight excluding hydrogens is 206 g/mol. The van der Waals surface area contributed by atoms with E-state index in [-0.39, 0.29) is 17.4 Å². The molecule has 0 radical (unpaired) electrons. The molecule has 4 nitrogen and oxygen atoms in total.